The lowest BCUT2D eigenvalue weighted by molar-refractivity contribution is 0.354. The van der Waals surface area contributed by atoms with Crippen molar-refractivity contribution in [2.24, 2.45) is 0 Å². The summed E-state index contributed by atoms with van der Waals surface area (Å²) >= 11 is 0. The molecule has 0 saturated carbocycles. The van der Waals surface area contributed by atoms with E-state index < -0.39 is 10.8 Å². The van der Waals surface area contributed by atoms with Crippen molar-refractivity contribution in [2.75, 3.05) is 25.1 Å². The van der Waals surface area contributed by atoms with Gasteiger partial charge in [0.1, 0.15) is 17.8 Å². The minimum Gasteiger partial charge on any atom is -0.383 e. The van der Waals surface area contributed by atoms with Gasteiger partial charge in [0.05, 0.1) is 11.4 Å². The van der Waals surface area contributed by atoms with Gasteiger partial charge in [-0.15, -0.1) is 12.4 Å². The highest BCUT2D eigenvalue weighted by Gasteiger charge is 2.23. The lowest BCUT2D eigenvalue weighted by Gasteiger charge is -2.23. The number of rotatable bonds is 3. The monoisotopic (exact) mass is 392 g/mol. The number of nitrogens with two attached hydrogens (primary N) is 1. The Bertz CT molecular complexity index is 936. The molecule has 9 heteroatoms. The Balaban J connectivity index is 0.00000196. The topological polar surface area (TPSA) is 98.7 Å². The summed E-state index contributed by atoms with van der Waals surface area (Å²) in [5.41, 5.74) is 8.60. The zero-order chi connectivity index (χ0) is 17.4. The number of aromatic nitrogens is 4. The summed E-state index contributed by atoms with van der Waals surface area (Å²) in [4.78, 5) is 9.37. The number of nitrogen functional groups attached to an aromatic ring is 1. The van der Waals surface area contributed by atoms with Gasteiger partial charge < -0.3 is 11.1 Å². The number of fused-ring (bicyclic) bond motifs is 1. The molecule has 2 aromatic heterocycles. The highest BCUT2D eigenvalue weighted by Crippen LogP contribution is 2.33. The maximum Gasteiger partial charge on any atom is 0.164 e. The number of hydrogen-bond donors (Lipinski definition) is 2. The second-order valence-corrected chi connectivity index (χ2v) is 7.61. The largest absolute Gasteiger partial charge is 0.383 e. The van der Waals surface area contributed by atoms with Crippen LogP contribution in [0.3, 0.4) is 0 Å². The number of piperidine rings is 1. The second kappa shape index (κ2) is 7.69. The molecule has 1 fully saturated rings. The molecule has 0 radical (unpaired) electrons. The first-order valence-corrected chi connectivity index (χ1v) is 9.84. The van der Waals surface area contributed by atoms with E-state index in [4.69, 9.17) is 10.8 Å². The van der Waals surface area contributed by atoms with Crippen LogP contribution in [0.4, 0.5) is 5.82 Å². The van der Waals surface area contributed by atoms with Crippen LogP contribution in [0, 0.1) is 0 Å². The fraction of sp³-hybridized carbons (Fsp3) is 0.353. The fourth-order valence-corrected chi connectivity index (χ4v) is 3.82. The predicted molar refractivity (Wildman–Crippen MR) is 106 cm³/mol. The molecule has 1 unspecified atom stereocenters. The highest BCUT2D eigenvalue weighted by atomic mass is 35.5. The number of hydrogen-bond acceptors (Lipinski definition) is 6. The average molecular weight is 393 g/mol. The molecule has 3 heterocycles. The zero-order valence-corrected chi connectivity index (χ0v) is 16.0. The molecule has 1 aromatic carbocycles. The molecule has 7 nitrogen and oxygen atoms in total. The lowest BCUT2D eigenvalue weighted by Crippen LogP contribution is -2.32. The molecular formula is C17H21ClN6OS. The molecule has 0 spiro atoms. The zero-order valence-electron chi connectivity index (χ0n) is 14.4. The maximum absolute atomic E-state index is 11.6. The fourth-order valence-electron chi connectivity index (χ4n) is 3.30. The number of halogens is 1. The van der Waals surface area contributed by atoms with E-state index in [9.17, 15) is 4.21 Å². The molecule has 0 bridgehead atoms. The van der Waals surface area contributed by atoms with E-state index in [1.54, 1.807) is 6.26 Å². The predicted octanol–water partition coefficient (Wildman–Crippen LogP) is 2.16. The van der Waals surface area contributed by atoms with Crippen LogP contribution < -0.4 is 11.1 Å². The standard InChI is InChI=1S/C17H20N6OS.ClH/c1-25(24)13-6-4-11(5-7-13)15-14-16(18)20-10-21-17(14)23(22-15)12-3-2-8-19-9-12;/h4-7,10,12,19H,2-3,8-9H2,1H3,(H2,18,20,21);1H/t12-,25?;/m1./s1. The minimum atomic E-state index is -1.01. The van der Waals surface area contributed by atoms with Gasteiger partial charge in [-0.1, -0.05) is 12.1 Å². The third kappa shape index (κ3) is 3.32. The van der Waals surface area contributed by atoms with Gasteiger partial charge in [0.2, 0.25) is 0 Å². The first-order valence-electron chi connectivity index (χ1n) is 8.28. The van der Waals surface area contributed by atoms with Gasteiger partial charge in [0.15, 0.2) is 5.65 Å². The Labute approximate surface area is 160 Å². The van der Waals surface area contributed by atoms with Gasteiger partial charge in [0.25, 0.3) is 0 Å². The van der Waals surface area contributed by atoms with E-state index >= 15 is 0 Å². The van der Waals surface area contributed by atoms with Crippen molar-refractivity contribution in [3.8, 4) is 11.3 Å². The van der Waals surface area contributed by atoms with Crippen molar-refractivity contribution in [1.29, 1.82) is 0 Å². The van der Waals surface area contributed by atoms with Crippen LogP contribution in [0.2, 0.25) is 0 Å². The van der Waals surface area contributed by atoms with E-state index in [0.717, 1.165) is 53.1 Å². The van der Waals surface area contributed by atoms with Crippen LogP contribution in [0.5, 0.6) is 0 Å². The molecule has 3 N–H and O–H groups in total. The van der Waals surface area contributed by atoms with E-state index in [0.29, 0.717) is 5.82 Å². The Hall–Kier alpha value is -2.03. The third-order valence-corrected chi connectivity index (χ3v) is 5.53. The van der Waals surface area contributed by atoms with Crippen LogP contribution >= 0.6 is 12.4 Å². The number of nitrogens with one attached hydrogen (secondary N) is 1. The van der Waals surface area contributed by atoms with Gasteiger partial charge in [-0.3, -0.25) is 4.21 Å². The van der Waals surface area contributed by atoms with Crippen LogP contribution in [0.1, 0.15) is 18.9 Å². The molecule has 3 aromatic rings. The van der Waals surface area contributed by atoms with E-state index in [2.05, 4.69) is 15.3 Å². The van der Waals surface area contributed by atoms with Gasteiger partial charge in [-0.25, -0.2) is 14.6 Å². The van der Waals surface area contributed by atoms with Crippen LogP contribution in [-0.4, -0.2) is 43.3 Å². The SMILES string of the molecule is CS(=O)c1ccc(-c2nn([C@@H]3CCCNC3)c3ncnc(N)c23)cc1.Cl. The molecule has 2 atom stereocenters. The summed E-state index contributed by atoms with van der Waals surface area (Å²) in [6.07, 6.45) is 5.32. The Morgan fingerprint density at radius 3 is 2.69 bits per heavy atom. The maximum atomic E-state index is 11.6. The van der Waals surface area contributed by atoms with Gasteiger partial charge >= 0.3 is 0 Å². The Morgan fingerprint density at radius 2 is 2.04 bits per heavy atom. The Kier molecular flexibility index (Phi) is 5.55. The van der Waals surface area contributed by atoms with Crippen molar-refractivity contribution in [1.82, 2.24) is 25.1 Å². The summed E-state index contributed by atoms with van der Waals surface area (Å²) in [5, 5.41) is 9.03. The van der Waals surface area contributed by atoms with Crippen molar-refractivity contribution < 1.29 is 4.21 Å². The summed E-state index contributed by atoms with van der Waals surface area (Å²) < 4.78 is 13.6. The molecule has 1 saturated heterocycles. The summed E-state index contributed by atoms with van der Waals surface area (Å²) in [6.45, 7) is 1.91. The number of benzene rings is 1. The number of nitrogens with zero attached hydrogens (tertiary/aromatic N) is 4. The molecular weight excluding hydrogens is 372 g/mol. The lowest BCUT2D eigenvalue weighted by atomic mass is 10.1. The summed E-state index contributed by atoms with van der Waals surface area (Å²) in [6, 6.07) is 7.82. The first kappa shape index (κ1) is 18.8. The van der Waals surface area contributed by atoms with Crippen LogP contribution in [-0.2, 0) is 10.8 Å². The quantitative estimate of drug-likeness (QED) is 0.708. The van der Waals surface area contributed by atoms with Crippen molar-refractivity contribution >= 4 is 40.1 Å². The van der Waals surface area contributed by atoms with Crippen molar-refractivity contribution in [3.63, 3.8) is 0 Å². The van der Waals surface area contributed by atoms with E-state index in [1.165, 1.54) is 6.33 Å². The first-order chi connectivity index (χ1) is 12.1. The molecule has 1 aliphatic rings. The van der Waals surface area contributed by atoms with Crippen LogP contribution in [0.15, 0.2) is 35.5 Å². The summed E-state index contributed by atoms with van der Waals surface area (Å²) in [7, 11) is -1.01. The third-order valence-electron chi connectivity index (χ3n) is 4.59. The normalized spacial score (nSPS) is 18.4. The Morgan fingerprint density at radius 1 is 1.27 bits per heavy atom. The van der Waals surface area contributed by atoms with Gasteiger partial charge in [0, 0.05) is 34.1 Å². The van der Waals surface area contributed by atoms with E-state index in [1.807, 2.05) is 28.9 Å². The molecule has 4 rings (SSSR count). The van der Waals surface area contributed by atoms with Crippen LogP contribution in [0.25, 0.3) is 22.3 Å². The van der Waals surface area contributed by atoms with Gasteiger partial charge in [-0.05, 0) is 31.5 Å². The van der Waals surface area contributed by atoms with E-state index in [-0.39, 0.29) is 18.4 Å². The summed E-state index contributed by atoms with van der Waals surface area (Å²) in [5.74, 6) is 0.429. The molecule has 0 amide bonds. The van der Waals surface area contributed by atoms with Crippen molar-refractivity contribution in [3.05, 3.63) is 30.6 Å². The molecule has 26 heavy (non-hydrogen) atoms. The van der Waals surface area contributed by atoms with Crippen molar-refractivity contribution in [2.45, 2.75) is 23.8 Å². The molecule has 138 valence electrons. The second-order valence-electron chi connectivity index (χ2n) is 6.23. The van der Waals surface area contributed by atoms with Gasteiger partial charge in [-0.2, -0.15) is 5.10 Å². The molecule has 1 aliphatic heterocycles. The number of anilines is 1. The smallest absolute Gasteiger partial charge is 0.164 e. The highest BCUT2D eigenvalue weighted by molar-refractivity contribution is 7.84. The minimum absolute atomic E-state index is 0. The average Bonchev–Trinajstić information content (AvgIpc) is 3.03. The molecule has 0 aliphatic carbocycles.